The molecule has 2 rings (SSSR count). The molecule has 0 aromatic heterocycles. The minimum absolute atomic E-state index is 0.00167. The molecule has 13 nitrogen and oxygen atoms in total. The van der Waals surface area contributed by atoms with Crippen LogP contribution in [0.15, 0.2) is 24.3 Å². The van der Waals surface area contributed by atoms with Gasteiger partial charge in [0.15, 0.2) is 0 Å². The lowest BCUT2D eigenvalue weighted by atomic mass is 10.1. The molecule has 0 aromatic rings. The van der Waals surface area contributed by atoms with Crippen LogP contribution in [0.3, 0.4) is 0 Å². The third kappa shape index (κ3) is 11.2. The van der Waals surface area contributed by atoms with Gasteiger partial charge >= 0.3 is 0 Å². The fourth-order valence-electron chi connectivity index (χ4n) is 4.01. The summed E-state index contributed by atoms with van der Waals surface area (Å²) in [6.45, 7) is 1.34. The molecule has 0 bridgehead atoms. The molecule has 0 aromatic carbocycles. The molecule has 7 amide bonds. The molecule has 5 N–H and O–H groups in total. The number of nitrogens with one attached hydrogen (secondary N) is 3. The van der Waals surface area contributed by atoms with E-state index in [1.807, 2.05) is 0 Å². The van der Waals surface area contributed by atoms with Crippen LogP contribution in [0, 0.1) is 0 Å². The second-order valence-corrected chi connectivity index (χ2v) is 9.28. The van der Waals surface area contributed by atoms with Crippen molar-refractivity contribution in [2.24, 2.45) is 5.73 Å². The zero-order chi connectivity index (χ0) is 28.6. The predicted molar refractivity (Wildman–Crippen MR) is 140 cm³/mol. The minimum atomic E-state index is -0.806. The van der Waals surface area contributed by atoms with Gasteiger partial charge < -0.3 is 21.7 Å². The average Bonchev–Trinajstić information content (AvgIpc) is 3.41. The second kappa shape index (κ2) is 16.9. The van der Waals surface area contributed by atoms with Gasteiger partial charge in [0, 0.05) is 63.3 Å². The Bertz CT molecular complexity index is 957. The van der Waals surface area contributed by atoms with E-state index in [4.69, 9.17) is 5.73 Å². The molecule has 2 heterocycles. The lowest BCUT2D eigenvalue weighted by Crippen LogP contribution is -2.47. The van der Waals surface area contributed by atoms with Gasteiger partial charge in [-0.2, -0.15) is 0 Å². The van der Waals surface area contributed by atoms with Gasteiger partial charge in [-0.3, -0.25) is 43.4 Å². The van der Waals surface area contributed by atoms with Gasteiger partial charge in [0.2, 0.25) is 17.7 Å². The van der Waals surface area contributed by atoms with E-state index in [2.05, 4.69) is 16.0 Å². The molecule has 0 spiro atoms. The summed E-state index contributed by atoms with van der Waals surface area (Å²) in [7, 11) is 0. The molecule has 214 valence electrons. The summed E-state index contributed by atoms with van der Waals surface area (Å²) in [5, 5.41) is 8.25. The van der Waals surface area contributed by atoms with Crippen molar-refractivity contribution >= 4 is 41.4 Å². The van der Waals surface area contributed by atoms with Gasteiger partial charge in [0.1, 0.15) is 6.04 Å². The highest BCUT2D eigenvalue weighted by Gasteiger charge is 2.26. The zero-order valence-corrected chi connectivity index (χ0v) is 22.1. The van der Waals surface area contributed by atoms with E-state index >= 15 is 0 Å². The van der Waals surface area contributed by atoms with E-state index in [1.165, 1.54) is 0 Å². The van der Waals surface area contributed by atoms with Crippen LogP contribution in [0.1, 0.15) is 57.8 Å². The van der Waals surface area contributed by atoms with Crippen molar-refractivity contribution in [3.05, 3.63) is 24.3 Å². The maximum absolute atomic E-state index is 12.8. The fraction of sp³-hybridized carbons (Fsp3) is 0.577. The number of carbonyl (C=O) groups is 7. The first-order valence-electron chi connectivity index (χ1n) is 13.3. The molecule has 0 radical (unpaired) electrons. The highest BCUT2D eigenvalue weighted by molar-refractivity contribution is 6.13. The molecule has 2 aliphatic heterocycles. The Morgan fingerprint density at radius 2 is 1.15 bits per heavy atom. The predicted octanol–water partition coefficient (Wildman–Crippen LogP) is -0.977. The highest BCUT2D eigenvalue weighted by Crippen LogP contribution is 2.07. The molecular formula is C26H38N6O7. The Labute approximate surface area is 227 Å². The largest absolute Gasteiger partial charge is 0.356 e. The van der Waals surface area contributed by atoms with Gasteiger partial charge in [0.05, 0.1) is 0 Å². The van der Waals surface area contributed by atoms with Gasteiger partial charge in [-0.05, 0) is 38.6 Å². The van der Waals surface area contributed by atoms with Crippen LogP contribution < -0.4 is 21.7 Å². The first kappa shape index (κ1) is 31.3. The number of unbranched alkanes of at least 4 members (excludes halogenated alkanes) is 4. The van der Waals surface area contributed by atoms with Crippen molar-refractivity contribution in [3.63, 3.8) is 0 Å². The van der Waals surface area contributed by atoms with E-state index < -0.39 is 35.6 Å². The minimum Gasteiger partial charge on any atom is -0.356 e. The number of nitrogens with zero attached hydrogens (tertiary/aromatic N) is 2. The van der Waals surface area contributed by atoms with Crippen molar-refractivity contribution in [1.29, 1.82) is 0 Å². The maximum Gasteiger partial charge on any atom is 0.253 e. The summed E-state index contributed by atoms with van der Waals surface area (Å²) in [6.07, 6.45) is 9.47. The molecule has 1 unspecified atom stereocenters. The van der Waals surface area contributed by atoms with Crippen molar-refractivity contribution in [2.75, 3.05) is 32.7 Å². The molecule has 0 saturated heterocycles. The van der Waals surface area contributed by atoms with Crippen LogP contribution in [-0.4, -0.2) is 89.9 Å². The van der Waals surface area contributed by atoms with E-state index in [0.29, 0.717) is 38.9 Å². The van der Waals surface area contributed by atoms with Crippen LogP contribution in [0.5, 0.6) is 0 Å². The summed E-state index contributed by atoms with van der Waals surface area (Å²) in [5.74, 6) is -2.92. The first-order valence-corrected chi connectivity index (χ1v) is 13.3. The number of amides is 7. The van der Waals surface area contributed by atoms with Crippen molar-refractivity contribution in [1.82, 2.24) is 25.8 Å². The summed E-state index contributed by atoms with van der Waals surface area (Å²) < 4.78 is 0. The Morgan fingerprint density at radius 1 is 0.667 bits per heavy atom. The van der Waals surface area contributed by atoms with E-state index in [1.54, 1.807) is 0 Å². The summed E-state index contributed by atoms with van der Waals surface area (Å²) >= 11 is 0. The van der Waals surface area contributed by atoms with Crippen LogP contribution in [0.2, 0.25) is 0 Å². The lowest BCUT2D eigenvalue weighted by Gasteiger charge is -2.20. The summed E-state index contributed by atoms with van der Waals surface area (Å²) in [6, 6.07) is -0.806. The number of nitrogens with two attached hydrogens (primary N) is 1. The normalized spacial score (nSPS) is 15.3. The van der Waals surface area contributed by atoms with Crippen LogP contribution >= 0.6 is 0 Å². The standard InChI is InChI=1S/C26H38N6O7/c27-14-4-1-2-5-16-29-26(39)19(30-21(34)13-18-32-24(37)10-11-25(32)38)7-3-6-15-28-20(33)12-17-31-22(35)8-9-23(31)36/h8-11,19H,1-7,12-18,27H2,(H,28,33)(H,29,39)(H,30,34). The Hall–Kier alpha value is -3.87. The smallest absolute Gasteiger partial charge is 0.253 e. The van der Waals surface area contributed by atoms with Gasteiger partial charge in [-0.15, -0.1) is 0 Å². The van der Waals surface area contributed by atoms with E-state index in [0.717, 1.165) is 59.8 Å². The SMILES string of the molecule is NCCCCCCNC(=O)C(CCCCNC(=O)CCN1C(=O)C=CC1=O)NC(=O)CCN1C(=O)C=CC1=O. The molecule has 2 aliphatic rings. The van der Waals surface area contributed by atoms with Crippen LogP contribution in [0.25, 0.3) is 0 Å². The number of imide groups is 2. The molecule has 1 atom stereocenters. The Morgan fingerprint density at radius 3 is 1.72 bits per heavy atom. The molecule has 0 aliphatic carbocycles. The number of rotatable bonds is 19. The number of carbonyl (C=O) groups excluding carboxylic acids is 7. The first-order chi connectivity index (χ1) is 18.7. The molecular weight excluding hydrogens is 508 g/mol. The van der Waals surface area contributed by atoms with Crippen molar-refractivity contribution < 1.29 is 33.6 Å². The third-order valence-electron chi connectivity index (χ3n) is 6.25. The fourth-order valence-corrected chi connectivity index (χ4v) is 4.01. The van der Waals surface area contributed by atoms with Gasteiger partial charge in [0.25, 0.3) is 23.6 Å². The third-order valence-corrected chi connectivity index (χ3v) is 6.25. The molecule has 39 heavy (non-hydrogen) atoms. The lowest BCUT2D eigenvalue weighted by molar-refractivity contribution is -0.139. The highest BCUT2D eigenvalue weighted by atomic mass is 16.2. The maximum atomic E-state index is 12.8. The monoisotopic (exact) mass is 546 g/mol. The quantitative estimate of drug-likeness (QED) is 0.117. The van der Waals surface area contributed by atoms with Gasteiger partial charge in [-0.25, -0.2) is 0 Å². The van der Waals surface area contributed by atoms with Crippen molar-refractivity contribution in [2.45, 2.75) is 63.8 Å². The molecule has 13 heteroatoms. The van der Waals surface area contributed by atoms with E-state index in [9.17, 15) is 33.6 Å². The van der Waals surface area contributed by atoms with Crippen LogP contribution in [0.4, 0.5) is 0 Å². The summed E-state index contributed by atoms with van der Waals surface area (Å²) in [5.41, 5.74) is 5.49. The number of hydrogen-bond acceptors (Lipinski definition) is 8. The van der Waals surface area contributed by atoms with E-state index in [-0.39, 0.29) is 37.7 Å². The Kier molecular flexibility index (Phi) is 13.6. The summed E-state index contributed by atoms with van der Waals surface area (Å²) in [4.78, 5) is 85.7. The van der Waals surface area contributed by atoms with Crippen molar-refractivity contribution in [3.8, 4) is 0 Å². The molecule has 0 fully saturated rings. The number of hydrogen-bond donors (Lipinski definition) is 4. The zero-order valence-electron chi connectivity index (χ0n) is 22.1. The average molecular weight is 547 g/mol. The van der Waals surface area contributed by atoms with Gasteiger partial charge in [-0.1, -0.05) is 12.8 Å². The Balaban J connectivity index is 1.73. The molecule has 0 saturated carbocycles. The second-order valence-electron chi connectivity index (χ2n) is 9.28. The van der Waals surface area contributed by atoms with Crippen LogP contribution in [-0.2, 0) is 33.6 Å². The topological polar surface area (TPSA) is 188 Å².